The van der Waals surface area contributed by atoms with E-state index in [1.807, 2.05) is 38.1 Å². The first-order valence-electron chi connectivity index (χ1n) is 8.26. The molecule has 7 heteroatoms. The zero-order valence-corrected chi connectivity index (χ0v) is 16.6. The van der Waals surface area contributed by atoms with E-state index in [9.17, 15) is 5.11 Å². The van der Waals surface area contributed by atoms with Crippen LogP contribution in [-0.4, -0.2) is 53.9 Å². The number of halogens is 1. The van der Waals surface area contributed by atoms with Crippen molar-refractivity contribution < 1.29 is 9.84 Å². The number of aliphatic hydroxyl groups is 1. The Kier molecular flexibility index (Phi) is 7.71. The Morgan fingerprint density at radius 1 is 1.46 bits per heavy atom. The highest BCUT2D eigenvalue weighted by atomic mass is 79.9. The van der Waals surface area contributed by atoms with E-state index in [0.717, 1.165) is 34.7 Å². The summed E-state index contributed by atoms with van der Waals surface area (Å²) in [6, 6.07) is 7.81. The second kappa shape index (κ2) is 9.53. The van der Waals surface area contributed by atoms with Crippen molar-refractivity contribution in [2.24, 2.45) is 4.99 Å². The van der Waals surface area contributed by atoms with Gasteiger partial charge in [0.2, 0.25) is 0 Å². The Balaban J connectivity index is 1.85. The van der Waals surface area contributed by atoms with Gasteiger partial charge in [-0.1, -0.05) is 12.1 Å². The molecule has 24 heavy (non-hydrogen) atoms. The molecule has 2 atom stereocenters. The monoisotopic (exact) mass is 415 g/mol. The van der Waals surface area contributed by atoms with Gasteiger partial charge in [-0.25, -0.2) is 0 Å². The van der Waals surface area contributed by atoms with Crippen LogP contribution in [0.15, 0.2) is 33.7 Å². The van der Waals surface area contributed by atoms with E-state index in [4.69, 9.17) is 4.74 Å². The van der Waals surface area contributed by atoms with Gasteiger partial charge in [0.05, 0.1) is 23.2 Å². The van der Waals surface area contributed by atoms with E-state index in [-0.39, 0.29) is 6.10 Å². The summed E-state index contributed by atoms with van der Waals surface area (Å²) in [6.45, 7) is 5.86. The van der Waals surface area contributed by atoms with Crippen molar-refractivity contribution in [3.63, 3.8) is 0 Å². The van der Waals surface area contributed by atoms with Gasteiger partial charge in [0.25, 0.3) is 0 Å². The number of benzene rings is 1. The number of guanidine groups is 1. The molecule has 1 fully saturated rings. The normalized spacial score (nSPS) is 22.2. The molecule has 1 saturated heterocycles. The molecule has 0 aromatic heterocycles. The first kappa shape index (κ1) is 19.4. The number of thioether (sulfide) groups is 1. The maximum atomic E-state index is 10.4. The summed E-state index contributed by atoms with van der Waals surface area (Å²) in [4.78, 5) is 4.53. The standard InChI is InChI=1S/C17H26BrN3O2S/c1-3-19-16(21-11-17(22)8-9-24-12-17)20-10-13(2)23-15-7-5-4-6-14(15)18/h4-7,13,22H,3,8-12H2,1-2H3,(H2,19,20,21). The van der Waals surface area contributed by atoms with Gasteiger partial charge >= 0.3 is 0 Å². The summed E-state index contributed by atoms with van der Waals surface area (Å²) in [5, 5.41) is 16.9. The molecular weight excluding hydrogens is 390 g/mol. The van der Waals surface area contributed by atoms with Gasteiger partial charge in [-0.05, 0) is 54.1 Å². The Morgan fingerprint density at radius 3 is 2.92 bits per heavy atom. The molecule has 0 spiro atoms. The summed E-state index contributed by atoms with van der Waals surface area (Å²) in [5.41, 5.74) is -0.663. The topological polar surface area (TPSA) is 65.9 Å². The van der Waals surface area contributed by atoms with Crippen LogP contribution in [0.3, 0.4) is 0 Å². The van der Waals surface area contributed by atoms with Crippen LogP contribution in [0.4, 0.5) is 0 Å². The van der Waals surface area contributed by atoms with Crippen LogP contribution in [0, 0.1) is 0 Å². The minimum atomic E-state index is -0.663. The average Bonchev–Trinajstić information content (AvgIpc) is 2.99. The largest absolute Gasteiger partial charge is 0.488 e. The van der Waals surface area contributed by atoms with Crippen LogP contribution in [0.2, 0.25) is 0 Å². The smallest absolute Gasteiger partial charge is 0.191 e. The second-order valence-corrected chi connectivity index (χ2v) is 7.92. The number of aliphatic imine (C=N–C) groups is 1. The maximum Gasteiger partial charge on any atom is 0.191 e. The fourth-order valence-electron chi connectivity index (χ4n) is 2.33. The van der Waals surface area contributed by atoms with Gasteiger partial charge in [0.15, 0.2) is 5.96 Å². The van der Waals surface area contributed by atoms with Crippen molar-refractivity contribution in [3.8, 4) is 5.75 Å². The molecule has 1 heterocycles. The molecule has 0 aliphatic carbocycles. The van der Waals surface area contributed by atoms with Gasteiger partial charge in [0, 0.05) is 12.3 Å². The summed E-state index contributed by atoms with van der Waals surface area (Å²) >= 11 is 5.27. The minimum Gasteiger partial charge on any atom is -0.488 e. The van der Waals surface area contributed by atoms with Gasteiger partial charge in [0.1, 0.15) is 11.9 Å². The lowest BCUT2D eigenvalue weighted by molar-refractivity contribution is 0.0778. The molecule has 0 saturated carbocycles. The Bertz CT molecular complexity index is 550. The van der Waals surface area contributed by atoms with E-state index in [1.54, 1.807) is 11.8 Å². The number of nitrogens with one attached hydrogen (secondary N) is 2. The summed E-state index contributed by atoms with van der Waals surface area (Å²) in [5.74, 6) is 3.31. The molecule has 0 amide bonds. The van der Waals surface area contributed by atoms with Crippen LogP contribution < -0.4 is 15.4 Å². The third-order valence-electron chi connectivity index (χ3n) is 3.68. The summed E-state index contributed by atoms with van der Waals surface area (Å²) < 4.78 is 6.87. The van der Waals surface area contributed by atoms with Crippen LogP contribution >= 0.6 is 27.7 Å². The van der Waals surface area contributed by atoms with Crippen molar-refractivity contribution >= 4 is 33.7 Å². The highest BCUT2D eigenvalue weighted by Crippen LogP contribution is 2.28. The number of hydrogen-bond donors (Lipinski definition) is 3. The predicted octanol–water partition coefficient (Wildman–Crippen LogP) is 2.64. The molecule has 3 N–H and O–H groups in total. The number of rotatable bonds is 7. The molecule has 5 nitrogen and oxygen atoms in total. The number of hydrogen-bond acceptors (Lipinski definition) is 4. The SMILES string of the molecule is CCNC(=NCC1(O)CCSC1)NCC(C)Oc1ccccc1Br. The first-order valence-corrected chi connectivity index (χ1v) is 10.2. The van der Waals surface area contributed by atoms with E-state index in [0.29, 0.717) is 19.0 Å². The molecular formula is C17H26BrN3O2S. The van der Waals surface area contributed by atoms with Crippen molar-refractivity contribution in [1.82, 2.24) is 10.6 Å². The van der Waals surface area contributed by atoms with E-state index < -0.39 is 5.60 Å². The summed E-state index contributed by atoms with van der Waals surface area (Å²) in [6.07, 6.45) is 0.792. The molecule has 1 aliphatic rings. The highest BCUT2D eigenvalue weighted by Gasteiger charge is 2.31. The third kappa shape index (κ3) is 6.18. The highest BCUT2D eigenvalue weighted by molar-refractivity contribution is 9.10. The molecule has 1 aromatic rings. The van der Waals surface area contributed by atoms with Crippen molar-refractivity contribution in [1.29, 1.82) is 0 Å². The van der Waals surface area contributed by atoms with Crippen molar-refractivity contribution in [3.05, 3.63) is 28.7 Å². The van der Waals surface area contributed by atoms with Gasteiger partial charge in [-0.2, -0.15) is 11.8 Å². The number of nitrogens with zero attached hydrogens (tertiary/aromatic N) is 1. The zero-order chi connectivity index (χ0) is 17.4. The van der Waals surface area contributed by atoms with E-state index in [2.05, 4.69) is 31.6 Å². The summed E-state index contributed by atoms with van der Waals surface area (Å²) in [7, 11) is 0. The van der Waals surface area contributed by atoms with Crippen molar-refractivity contribution in [2.45, 2.75) is 32.0 Å². The lowest BCUT2D eigenvalue weighted by atomic mass is 10.1. The molecule has 0 radical (unpaired) electrons. The van der Waals surface area contributed by atoms with E-state index in [1.165, 1.54) is 0 Å². The van der Waals surface area contributed by atoms with Gasteiger partial charge < -0.3 is 20.5 Å². The number of ether oxygens (including phenoxy) is 1. The Hall–Kier alpha value is -0.920. The molecule has 0 bridgehead atoms. The quantitative estimate of drug-likeness (QED) is 0.471. The van der Waals surface area contributed by atoms with Crippen molar-refractivity contribution in [2.75, 3.05) is 31.1 Å². The van der Waals surface area contributed by atoms with Crippen LogP contribution in [0.5, 0.6) is 5.75 Å². The molecule has 1 aromatic carbocycles. The molecule has 134 valence electrons. The minimum absolute atomic E-state index is 0.0160. The fraction of sp³-hybridized carbons (Fsp3) is 0.588. The Labute approximate surface area is 156 Å². The lowest BCUT2D eigenvalue weighted by Crippen LogP contribution is -2.43. The average molecular weight is 416 g/mol. The van der Waals surface area contributed by atoms with Crippen LogP contribution in [-0.2, 0) is 0 Å². The molecule has 1 aliphatic heterocycles. The van der Waals surface area contributed by atoms with Crippen LogP contribution in [0.1, 0.15) is 20.3 Å². The first-order chi connectivity index (χ1) is 11.5. The Morgan fingerprint density at radius 2 is 2.25 bits per heavy atom. The molecule has 2 unspecified atom stereocenters. The predicted molar refractivity (Wildman–Crippen MR) is 105 cm³/mol. The van der Waals surface area contributed by atoms with Gasteiger partial charge in [-0.15, -0.1) is 0 Å². The number of para-hydroxylation sites is 1. The maximum absolute atomic E-state index is 10.4. The van der Waals surface area contributed by atoms with Gasteiger partial charge in [-0.3, -0.25) is 4.99 Å². The molecule has 2 rings (SSSR count). The van der Waals surface area contributed by atoms with Crippen LogP contribution in [0.25, 0.3) is 0 Å². The second-order valence-electron chi connectivity index (χ2n) is 5.96. The van der Waals surface area contributed by atoms with E-state index >= 15 is 0 Å². The zero-order valence-electron chi connectivity index (χ0n) is 14.2. The third-order valence-corrected chi connectivity index (χ3v) is 5.57. The lowest BCUT2D eigenvalue weighted by Gasteiger charge is -2.21. The fourth-order valence-corrected chi connectivity index (χ4v) is 3.99.